The molecule has 0 radical (unpaired) electrons. The fourth-order valence-electron chi connectivity index (χ4n) is 2.38. The number of aromatic nitrogens is 2. The number of aliphatic hydroxyl groups is 1. The van der Waals surface area contributed by atoms with E-state index >= 15 is 0 Å². The van der Waals surface area contributed by atoms with Gasteiger partial charge in [-0.15, -0.1) is 0 Å². The van der Waals surface area contributed by atoms with Crippen molar-refractivity contribution in [1.82, 2.24) is 14.7 Å². The summed E-state index contributed by atoms with van der Waals surface area (Å²) in [4.78, 5) is 24.7. The van der Waals surface area contributed by atoms with E-state index in [2.05, 4.69) is 5.10 Å². The highest BCUT2D eigenvalue weighted by Crippen LogP contribution is 2.21. The minimum atomic E-state index is -1.09. The number of carbonyl (C=O) groups is 2. The molecular weight excluding hydrogens is 250 g/mol. The maximum absolute atomic E-state index is 12.4. The molecule has 2 N–H and O–H groups in total. The van der Waals surface area contributed by atoms with E-state index in [0.29, 0.717) is 17.9 Å². The average molecular weight is 267 g/mol. The number of likely N-dealkylation sites (tertiary alicyclic amines) is 1. The molecule has 7 heteroatoms. The predicted octanol–water partition coefficient (Wildman–Crippen LogP) is -0.129. The number of hydrogen-bond donors (Lipinski definition) is 2. The molecule has 2 heterocycles. The van der Waals surface area contributed by atoms with Crippen LogP contribution in [0.2, 0.25) is 0 Å². The summed E-state index contributed by atoms with van der Waals surface area (Å²) in [5.74, 6) is -1.49. The van der Waals surface area contributed by atoms with E-state index in [9.17, 15) is 14.7 Å². The van der Waals surface area contributed by atoms with Crippen molar-refractivity contribution in [2.45, 2.75) is 39.0 Å². The fourth-order valence-corrected chi connectivity index (χ4v) is 2.38. The molecule has 1 aromatic rings. The number of carboxylic acid groups (broad SMARTS) is 1. The van der Waals surface area contributed by atoms with Gasteiger partial charge in [-0.2, -0.15) is 5.10 Å². The molecule has 0 saturated carbocycles. The van der Waals surface area contributed by atoms with E-state index in [1.807, 2.05) is 6.92 Å². The quantitative estimate of drug-likeness (QED) is 0.795. The van der Waals surface area contributed by atoms with Crippen LogP contribution in [0.15, 0.2) is 6.07 Å². The number of nitrogens with zero attached hydrogens (tertiary/aromatic N) is 3. The van der Waals surface area contributed by atoms with Gasteiger partial charge in [0.25, 0.3) is 5.91 Å². The molecule has 0 aliphatic carbocycles. The molecule has 0 unspecified atom stereocenters. The molecule has 1 amide bonds. The number of aliphatic carboxylic acids is 1. The van der Waals surface area contributed by atoms with Crippen molar-refractivity contribution in [1.29, 1.82) is 0 Å². The van der Waals surface area contributed by atoms with Crippen LogP contribution in [0.25, 0.3) is 0 Å². The van der Waals surface area contributed by atoms with Crippen LogP contribution in [0.4, 0.5) is 0 Å². The molecule has 1 aliphatic heterocycles. The second-order valence-electron chi connectivity index (χ2n) is 4.69. The van der Waals surface area contributed by atoms with E-state index < -0.39 is 24.0 Å². The first kappa shape index (κ1) is 13.5. The molecule has 104 valence electrons. The van der Waals surface area contributed by atoms with Crippen LogP contribution in [-0.4, -0.2) is 55.5 Å². The fraction of sp³-hybridized carbons (Fsp3) is 0.583. The Hall–Kier alpha value is -1.89. The van der Waals surface area contributed by atoms with Crippen molar-refractivity contribution in [3.8, 4) is 0 Å². The maximum atomic E-state index is 12.4. The Kier molecular flexibility index (Phi) is 3.57. The SMILES string of the molecule is CCn1nc(C)cc1C(=O)N1C[C@H](O)C[C@H]1C(=O)O. The van der Waals surface area contributed by atoms with Crippen molar-refractivity contribution in [3.05, 3.63) is 17.5 Å². The lowest BCUT2D eigenvalue weighted by atomic mass is 10.2. The third-order valence-corrected chi connectivity index (χ3v) is 3.25. The van der Waals surface area contributed by atoms with Crippen LogP contribution in [0, 0.1) is 6.92 Å². The van der Waals surface area contributed by atoms with Crippen molar-refractivity contribution in [3.63, 3.8) is 0 Å². The Morgan fingerprint density at radius 3 is 2.79 bits per heavy atom. The van der Waals surface area contributed by atoms with E-state index in [0.717, 1.165) is 0 Å². The summed E-state index contributed by atoms with van der Waals surface area (Å²) in [5.41, 5.74) is 1.07. The van der Waals surface area contributed by atoms with E-state index in [4.69, 9.17) is 5.11 Å². The van der Waals surface area contributed by atoms with Crippen molar-refractivity contribution in [2.75, 3.05) is 6.54 Å². The number of β-amino-alcohol motifs (C(OH)–C–C–N with tert-alkyl or cyclic N) is 1. The second-order valence-corrected chi connectivity index (χ2v) is 4.69. The van der Waals surface area contributed by atoms with Crippen LogP contribution in [0.5, 0.6) is 0 Å². The highest BCUT2D eigenvalue weighted by atomic mass is 16.4. The number of hydrogen-bond acceptors (Lipinski definition) is 4. The molecule has 1 fully saturated rings. The molecule has 0 aromatic carbocycles. The first-order valence-electron chi connectivity index (χ1n) is 6.20. The summed E-state index contributed by atoms with van der Waals surface area (Å²) >= 11 is 0. The zero-order chi connectivity index (χ0) is 14.2. The summed E-state index contributed by atoms with van der Waals surface area (Å²) < 4.78 is 1.54. The molecule has 1 aromatic heterocycles. The third-order valence-electron chi connectivity index (χ3n) is 3.25. The zero-order valence-corrected chi connectivity index (χ0v) is 10.9. The molecule has 1 saturated heterocycles. The normalized spacial score (nSPS) is 22.8. The molecule has 7 nitrogen and oxygen atoms in total. The van der Waals surface area contributed by atoms with Crippen LogP contribution >= 0.6 is 0 Å². The van der Waals surface area contributed by atoms with Gasteiger partial charge in [-0.3, -0.25) is 9.48 Å². The molecule has 0 spiro atoms. The van der Waals surface area contributed by atoms with Crippen molar-refractivity contribution >= 4 is 11.9 Å². The van der Waals surface area contributed by atoms with Gasteiger partial charge in [-0.05, 0) is 19.9 Å². The predicted molar refractivity (Wildman–Crippen MR) is 65.7 cm³/mol. The van der Waals surface area contributed by atoms with Gasteiger partial charge in [-0.1, -0.05) is 0 Å². The number of carboxylic acids is 1. The number of carbonyl (C=O) groups excluding carboxylic acids is 1. The Morgan fingerprint density at radius 1 is 1.53 bits per heavy atom. The largest absolute Gasteiger partial charge is 0.480 e. The summed E-state index contributed by atoms with van der Waals surface area (Å²) in [6, 6.07) is 0.665. The molecule has 2 rings (SSSR count). The molecule has 0 bridgehead atoms. The Balaban J connectivity index is 2.30. The zero-order valence-electron chi connectivity index (χ0n) is 10.9. The Labute approximate surface area is 110 Å². The van der Waals surface area contributed by atoms with Crippen LogP contribution < -0.4 is 0 Å². The lowest BCUT2D eigenvalue weighted by Crippen LogP contribution is -2.41. The van der Waals surface area contributed by atoms with Crippen LogP contribution in [0.3, 0.4) is 0 Å². The van der Waals surface area contributed by atoms with Gasteiger partial charge in [0.05, 0.1) is 11.8 Å². The van der Waals surface area contributed by atoms with Gasteiger partial charge in [0, 0.05) is 19.5 Å². The summed E-state index contributed by atoms with van der Waals surface area (Å²) in [6.45, 7) is 4.21. The third kappa shape index (κ3) is 2.46. The number of rotatable bonds is 3. The molecular formula is C12H17N3O4. The van der Waals surface area contributed by atoms with Crippen LogP contribution in [0.1, 0.15) is 29.5 Å². The number of aryl methyl sites for hydroxylation is 2. The highest BCUT2D eigenvalue weighted by Gasteiger charge is 2.40. The topological polar surface area (TPSA) is 95.7 Å². The van der Waals surface area contributed by atoms with Crippen molar-refractivity contribution < 1.29 is 19.8 Å². The average Bonchev–Trinajstić information content (AvgIpc) is 2.91. The van der Waals surface area contributed by atoms with Gasteiger partial charge in [0.1, 0.15) is 11.7 Å². The number of aliphatic hydroxyl groups excluding tert-OH is 1. The highest BCUT2D eigenvalue weighted by molar-refractivity contribution is 5.95. The monoisotopic (exact) mass is 267 g/mol. The van der Waals surface area contributed by atoms with Gasteiger partial charge < -0.3 is 15.1 Å². The minimum absolute atomic E-state index is 0.0454. The smallest absolute Gasteiger partial charge is 0.326 e. The molecule has 19 heavy (non-hydrogen) atoms. The van der Waals surface area contributed by atoms with Gasteiger partial charge in [0.15, 0.2) is 0 Å². The first-order valence-corrected chi connectivity index (χ1v) is 6.20. The van der Waals surface area contributed by atoms with Crippen molar-refractivity contribution in [2.24, 2.45) is 0 Å². The summed E-state index contributed by atoms with van der Waals surface area (Å²) in [6.07, 6.45) is -0.718. The standard InChI is InChI=1S/C12H17N3O4/c1-3-15-9(4-7(2)13-15)11(17)14-6-8(16)5-10(14)12(18)19/h4,8,10,16H,3,5-6H2,1-2H3,(H,18,19)/t8-,10+/m1/s1. The number of amides is 1. The van der Waals surface area contributed by atoms with E-state index in [1.54, 1.807) is 17.7 Å². The summed E-state index contributed by atoms with van der Waals surface area (Å²) in [5, 5.41) is 22.8. The lowest BCUT2D eigenvalue weighted by molar-refractivity contribution is -0.141. The van der Waals surface area contributed by atoms with Gasteiger partial charge >= 0.3 is 5.97 Å². The maximum Gasteiger partial charge on any atom is 0.326 e. The Morgan fingerprint density at radius 2 is 2.21 bits per heavy atom. The van der Waals surface area contributed by atoms with Gasteiger partial charge in [0.2, 0.25) is 0 Å². The first-order chi connectivity index (χ1) is 8.93. The molecule has 2 atom stereocenters. The van der Waals surface area contributed by atoms with Crippen LogP contribution in [-0.2, 0) is 11.3 Å². The molecule has 1 aliphatic rings. The van der Waals surface area contributed by atoms with Gasteiger partial charge in [-0.25, -0.2) is 4.79 Å². The second kappa shape index (κ2) is 5.00. The van der Waals surface area contributed by atoms with E-state index in [-0.39, 0.29) is 13.0 Å². The van der Waals surface area contributed by atoms with E-state index in [1.165, 1.54) is 4.90 Å². The Bertz CT molecular complexity index is 511. The lowest BCUT2D eigenvalue weighted by Gasteiger charge is -2.21. The summed E-state index contributed by atoms with van der Waals surface area (Å²) in [7, 11) is 0. The minimum Gasteiger partial charge on any atom is -0.480 e.